The highest BCUT2D eigenvalue weighted by molar-refractivity contribution is 5.97. The Bertz CT molecular complexity index is 968. The number of amides is 3. The summed E-state index contributed by atoms with van der Waals surface area (Å²) in [5, 5.41) is 8.70. The fourth-order valence-corrected chi connectivity index (χ4v) is 4.18. The fourth-order valence-electron chi connectivity index (χ4n) is 4.18. The average Bonchev–Trinajstić information content (AvgIpc) is 2.83. The largest absolute Gasteiger partial charge is 0.444 e. The zero-order valence-electron chi connectivity index (χ0n) is 20.8. The number of carbonyl (C=O) groups is 3. The van der Waals surface area contributed by atoms with Crippen molar-refractivity contribution in [3.8, 4) is 0 Å². The number of hydrogen-bond acceptors (Lipinski definition) is 5. The third-order valence-electron chi connectivity index (χ3n) is 6.01. The minimum atomic E-state index is -0.690. The van der Waals surface area contributed by atoms with E-state index in [1.807, 2.05) is 51.1 Å². The molecule has 188 valence electrons. The van der Waals surface area contributed by atoms with Gasteiger partial charge in [-0.25, -0.2) is 4.79 Å². The number of hydrogen-bond donors (Lipinski definition) is 3. The Morgan fingerprint density at radius 2 is 1.66 bits per heavy atom. The van der Waals surface area contributed by atoms with E-state index in [2.05, 4.69) is 20.9 Å². The van der Waals surface area contributed by atoms with Gasteiger partial charge in [0.1, 0.15) is 11.6 Å². The summed E-state index contributed by atoms with van der Waals surface area (Å²) in [6.07, 6.45) is 6.31. The molecule has 8 nitrogen and oxygen atoms in total. The molecule has 2 aromatic rings. The third-order valence-corrected chi connectivity index (χ3v) is 6.01. The summed E-state index contributed by atoms with van der Waals surface area (Å²) < 4.78 is 5.29. The topological polar surface area (TPSA) is 109 Å². The first kappa shape index (κ1) is 26.2. The van der Waals surface area contributed by atoms with Gasteiger partial charge in [-0.3, -0.25) is 14.6 Å². The van der Waals surface area contributed by atoms with Gasteiger partial charge in [0.15, 0.2) is 0 Å². The zero-order valence-corrected chi connectivity index (χ0v) is 20.8. The van der Waals surface area contributed by atoms with Crippen LogP contribution in [0.1, 0.15) is 52.0 Å². The second-order valence-corrected chi connectivity index (χ2v) is 10.1. The lowest BCUT2D eigenvalue weighted by atomic mass is 9.81. The Labute approximate surface area is 207 Å². The molecule has 1 aliphatic rings. The molecule has 1 aliphatic carbocycles. The van der Waals surface area contributed by atoms with E-state index in [9.17, 15) is 14.4 Å². The number of pyridine rings is 1. The van der Waals surface area contributed by atoms with E-state index in [-0.39, 0.29) is 17.7 Å². The number of ether oxygens (including phenoxy) is 1. The predicted octanol–water partition coefficient (Wildman–Crippen LogP) is 4.08. The summed E-state index contributed by atoms with van der Waals surface area (Å²) in [7, 11) is 0. The van der Waals surface area contributed by atoms with E-state index in [4.69, 9.17) is 4.74 Å². The summed E-state index contributed by atoms with van der Waals surface area (Å²) in [5.74, 6) is -0.209. The van der Waals surface area contributed by atoms with Gasteiger partial charge in [0.25, 0.3) is 0 Å². The van der Waals surface area contributed by atoms with Crippen LogP contribution in [-0.4, -0.2) is 41.1 Å². The SMILES string of the molecule is CC(C)(C)OC(=O)NCC1CCC(C(=O)N[C@@H](Cc2ccccc2)C(=O)Nc2ccncc2)CC1. The lowest BCUT2D eigenvalue weighted by molar-refractivity contribution is -0.130. The van der Waals surface area contributed by atoms with Gasteiger partial charge < -0.3 is 20.7 Å². The van der Waals surface area contributed by atoms with Crippen LogP contribution in [0.4, 0.5) is 10.5 Å². The second-order valence-electron chi connectivity index (χ2n) is 10.1. The van der Waals surface area contributed by atoms with Crippen LogP contribution in [0.15, 0.2) is 54.9 Å². The van der Waals surface area contributed by atoms with Crippen LogP contribution in [0.3, 0.4) is 0 Å². The number of rotatable bonds is 8. The van der Waals surface area contributed by atoms with Gasteiger partial charge in [0.05, 0.1) is 0 Å². The molecule has 3 N–H and O–H groups in total. The van der Waals surface area contributed by atoms with Crippen LogP contribution in [0.25, 0.3) is 0 Å². The smallest absolute Gasteiger partial charge is 0.407 e. The molecule has 0 radical (unpaired) electrons. The molecule has 0 bridgehead atoms. The van der Waals surface area contributed by atoms with E-state index in [0.717, 1.165) is 31.2 Å². The number of aromatic nitrogens is 1. The molecule has 0 aliphatic heterocycles. The van der Waals surface area contributed by atoms with Gasteiger partial charge in [-0.2, -0.15) is 0 Å². The predicted molar refractivity (Wildman–Crippen MR) is 135 cm³/mol. The molecule has 0 saturated heterocycles. The first-order chi connectivity index (χ1) is 16.7. The van der Waals surface area contributed by atoms with Crippen molar-refractivity contribution >= 4 is 23.6 Å². The molecule has 0 unspecified atom stereocenters. The van der Waals surface area contributed by atoms with E-state index in [1.54, 1.807) is 24.5 Å². The molecule has 3 amide bonds. The van der Waals surface area contributed by atoms with Crippen LogP contribution in [0.2, 0.25) is 0 Å². The third kappa shape index (κ3) is 9.03. The molecule has 1 atom stereocenters. The summed E-state index contributed by atoms with van der Waals surface area (Å²) in [6, 6.07) is 12.4. The highest BCUT2D eigenvalue weighted by Crippen LogP contribution is 2.29. The van der Waals surface area contributed by atoms with E-state index < -0.39 is 17.7 Å². The average molecular weight is 481 g/mol. The van der Waals surface area contributed by atoms with Gasteiger partial charge in [-0.05, 0) is 70.1 Å². The normalized spacial score (nSPS) is 18.7. The Hall–Kier alpha value is -3.42. The Morgan fingerprint density at radius 3 is 2.29 bits per heavy atom. The molecular formula is C27H36N4O4. The second kappa shape index (κ2) is 12.3. The van der Waals surface area contributed by atoms with Crippen LogP contribution >= 0.6 is 0 Å². The summed E-state index contributed by atoms with van der Waals surface area (Å²) in [5.41, 5.74) is 1.08. The molecular weight excluding hydrogens is 444 g/mol. The number of carbonyl (C=O) groups excluding carboxylic acids is 3. The van der Waals surface area contributed by atoms with Gasteiger partial charge in [-0.15, -0.1) is 0 Å². The highest BCUT2D eigenvalue weighted by atomic mass is 16.6. The first-order valence-electron chi connectivity index (χ1n) is 12.2. The van der Waals surface area contributed by atoms with Crippen molar-refractivity contribution in [2.75, 3.05) is 11.9 Å². The van der Waals surface area contributed by atoms with Gasteiger partial charge in [-0.1, -0.05) is 30.3 Å². The van der Waals surface area contributed by atoms with Crippen LogP contribution < -0.4 is 16.0 Å². The van der Waals surface area contributed by atoms with Crippen LogP contribution in [0, 0.1) is 11.8 Å². The van der Waals surface area contributed by atoms with Crippen molar-refractivity contribution in [3.63, 3.8) is 0 Å². The van der Waals surface area contributed by atoms with Gasteiger partial charge >= 0.3 is 6.09 Å². The van der Waals surface area contributed by atoms with Crippen molar-refractivity contribution in [1.29, 1.82) is 0 Å². The highest BCUT2D eigenvalue weighted by Gasteiger charge is 2.30. The molecule has 1 heterocycles. The number of anilines is 1. The molecule has 0 spiro atoms. The molecule has 1 saturated carbocycles. The fraction of sp³-hybridized carbons (Fsp3) is 0.481. The summed E-state index contributed by atoms with van der Waals surface area (Å²) >= 11 is 0. The quantitative estimate of drug-likeness (QED) is 0.527. The Kier molecular flexibility index (Phi) is 9.23. The zero-order chi connectivity index (χ0) is 25.3. The maximum Gasteiger partial charge on any atom is 0.407 e. The lowest BCUT2D eigenvalue weighted by Gasteiger charge is -2.29. The minimum absolute atomic E-state index is 0.102. The number of benzene rings is 1. The first-order valence-corrected chi connectivity index (χ1v) is 12.2. The molecule has 1 aromatic carbocycles. The maximum absolute atomic E-state index is 13.1. The van der Waals surface area contributed by atoms with Crippen LogP contribution in [0.5, 0.6) is 0 Å². The van der Waals surface area contributed by atoms with Crippen molar-refractivity contribution in [1.82, 2.24) is 15.6 Å². The lowest BCUT2D eigenvalue weighted by Crippen LogP contribution is -2.48. The van der Waals surface area contributed by atoms with E-state index in [1.165, 1.54) is 0 Å². The van der Waals surface area contributed by atoms with Gasteiger partial charge in [0.2, 0.25) is 11.8 Å². The standard InChI is InChI=1S/C27H36N4O4/c1-27(2,3)35-26(34)29-18-20-9-11-21(12-10-20)24(32)31-23(17-19-7-5-4-6-8-19)25(33)30-22-13-15-28-16-14-22/h4-8,13-16,20-21,23H,9-12,17-18H2,1-3H3,(H,29,34)(H,31,32)(H,28,30,33)/t20?,21?,23-/m0/s1. The summed E-state index contributed by atoms with van der Waals surface area (Å²) in [4.78, 5) is 42.0. The number of nitrogens with one attached hydrogen (secondary N) is 3. The molecule has 8 heteroatoms. The van der Waals surface area contributed by atoms with E-state index >= 15 is 0 Å². The van der Waals surface area contributed by atoms with Crippen molar-refractivity contribution in [2.24, 2.45) is 11.8 Å². The molecule has 35 heavy (non-hydrogen) atoms. The van der Waals surface area contributed by atoms with E-state index in [0.29, 0.717) is 24.6 Å². The molecule has 1 aromatic heterocycles. The minimum Gasteiger partial charge on any atom is -0.444 e. The van der Waals surface area contributed by atoms with Crippen LogP contribution in [-0.2, 0) is 20.7 Å². The maximum atomic E-state index is 13.1. The van der Waals surface area contributed by atoms with Crippen molar-refractivity contribution in [3.05, 3.63) is 60.4 Å². The monoisotopic (exact) mass is 480 g/mol. The number of nitrogens with zero attached hydrogens (tertiary/aromatic N) is 1. The Balaban J connectivity index is 1.53. The Morgan fingerprint density at radius 1 is 1.00 bits per heavy atom. The summed E-state index contributed by atoms with van der Waals surface area (Å²) in [6.45, 7) is 6.03. The molecule has 1 fully saturated rings. The molecule has 3 rings (SSSR count). The number of alkyl carbamates (subject to hydrolysis) is 1. The van der Waals surface area contributed by atoms with Crippen molar-refractivity contribution < 1.29 is 19.1 Å². The van der Waals surface area contributed by atoms with Crippen molar-refractivity contribution in [2.45, 2.75) is 64.5 Å². The van der Waals surface area contributed by atoms with Gasteiger partial charge in [0, 0.05) is 37.0 Å².